The van der Waals surface area contributed by atoms with Gasteiger partial charge < -0.3 is 19.7 Å². The summed E-state index contributed by atoms with van der Waals surface area (Å²) in [6.07, 6.45) is 1.88. The number of benzene rings is 2. The number of hydrogen-bond donors (Lipinski definition) is 2. The van der Waals surface area contributed by atoms with Gasteiger partial charge in [0.25, 0.3) is 5.91 Å². The molecule has 8 heteroatoms. The predicted octanol–water partition coefficient (Wildman–Crippen LogP) is 3.60. The van der Waals surface area contributed by atoms with Crippen molar-refractivity contribution in [2.45, 2.75) is 46.2 Å². The van der Waals surface area contributed by atoms with Gasteiger partial charge in [-0.2, -0.15) is 0 Å². The van der Waals surface area contributed by atoms with Gasteiger partial charge in [0.1, 0.15) is 5.84 Å². The first-order chi connectivity index (χ1) is 16.7. The molecule has 0 radical (unpaired) electrons. The van der Waals surface area contributed by atoms with E-state index in [1.165, 1.54) is 0 Å². The third kappa shape index (κ3) is 6.39. The monoisotopic (exact) mass is 480 g/mol. The van der Waals surface area contributed by atoms with Crippen molar-refractivity contribution in [2.24, 2.45) is 0 Å². The molecule has 1 saturated heterocycles. The molecule has 188 valence electrons. The Morgan fingerprint density at radius 3 is 2.46 bits per heavy atom. The summed E-state index contributed by atoms with van der Waals surface area (Å²) >= 11 is 0. The maximum Gasteiger partial charge on any atom is 0.256 e. The molecule has 2 aromatic carbocycles. The number of amides is 2. The topological polar surface area (TPSA) is 95.0 Å². The lowest BCUT2D eigenvalue weighted by molar-refractivity contribution is -0.133. The van der Waals surface area contributed by atoms with Gasteiger partial charge in [0.15, 0.2) is 11.5 Å². The van der Waals surface area contributed by atoms with Gasteiger partial charge in [0.2, 0.25) is 5.91 Å². The number of carbonyl (C=O) groups is 2. The van der Waals surface area contributed by atoms with Gasteiger partial charge >= 0.3 is 0 Å². The van der Waals surface area contributed by atoms with Crippen molar-refractivity contribution in [1.82, 2.24) is 15.1 Å². The second-order valence-corrected chi connectivity index (χ2v) is 8.87. The smallest absolute Gasteiger partial charge is 0.256 e. The normalized spacial score (nSPS) is 15.5. The highest BCUT2D eigenvalue weighted by atomic mass is 16.5. The van der Waals surface area contributed by atoms with Crippen LogP contribution < -0.4 is 14.8 Å². The Bertz CT molecular complexity index is 1080. The van der Waals surface area contributed by atoms with Gasteiger partial charge in [-0.3, -0.25) is 19.9 Å². The number of amidine groups is 1. The lowest BCUT2D eigenvalue weighted by Crippen LogP contribution is -2.42. The number of hydrogen-bond acceptors (Lipinski definition) is 6. The van der Waals surface area contributed by atoms with Crippen molar-refractivity contribution >= 4 is 17.6 Å². The quantitative estimate of drug-likeness (QED) is 0.422. The van der Waals surface area contributed by atoms with E-state index in [-0.39, 0.29) is 23.7 Å². The van der Waals surface area contributed by atoms with Crippen LogP contribution in [0.4, 0.5) is 0 Å². The van der Waals surface area contributed by atoms with Crippen molar-refractivity contribution in [3.8, 4) is 11.5 Å². The molecule has 0 aliphatic carbocycles. The van der Waals surface area contributed by atoms with Crippen LogP contribution in [0.2, 0.25) is 0 Å². The summed E-state index contributed by atoms with van der Waals surface area (Å²) in [6.45, 7) is 8.20. The van der Waals surface area contributed by atoms with Gasteiger partial charge in [0.05, 0.1) is 19.3 Å². The zero-order chi connectivity index (χ0) is 25.5. The Kier molecular flexibility index (Phi) is 8.87. The highest BCUT2D eigenvalue weighted by molar-refractivity contribution is 6.12. The van der Waals surface area contributed by atoms with Crippen LogP contribution in [0.15, 0.2) is 36.4 Å². The van der Waals surface area contributed by atoms with Crippen molar-refractivity contribution in [3.63, 3.8) is 0 Å². The Hall–Kier alpha value is -3.39. The Morgan fingerprint density at radius 2 is 1.80 bits per heavy atom. The number of likely N-dealkylation sites (tertiary alicyclic amines) is 1. The largest absolute Gasteiger partial charge is 0.490 e. The van der Waals surface area contributed by atoms with Crippen LogP contribution >= 0.6 is 0 Å². The molecule has 0 unspecified atom stereocenters. The molecule has 1 atom stereocenters. The van der Waals surface area contributed by atoms with Gasteiger partial charge in [-0.15, -0.1) is 0 Å². The minimum Gasteiger partial charge on any atom is -0.490 e. The van der Waals surface area contributed by atoms with Crippen LogP contribution in [0.3, 0.4) is 0 Å². The molecule has 2 amide bonds. The average Bonchev–Trinajstić information content (AvgIpc) is 3.27. The predicted molar refractivity (Wildman–Crippen MR) is 136 cm³/mol. The van der Waals surface area contributed by atoms with Gasteiger partial charge in [-0.1, -0.05) is 18.2 Å². The van der Waals surface area contributed by atoms with Crippen molar-refractivity contribution in [2.75, 3.05) is 33.9 Å². The van der Waals surface area contributed by atoms with E-state index in [0.29, 0.717) is 42.4 Å². The van der Waals surface area contributed by atoms with Gasteiger partial charge in [0, 0.05) is 31.8 Å². The van der Waals surface area contributed by atoms with E-state index in [0.717, 1.165) is 30.5 Å². The Labute approximate surface area is 207 Å². The molecule has 2 N–H and O–H groups in total. The molecule has 0 saturated carbocycles. The van der Waals surface area contributed by atoms with Crippen molar-refractivity contribution < 1.29 is 19.1 Å². The molecular weight excluding hydrogens is 444 g/mol. The van der Waals surface area contributed by atoms with Crippen LogP contribution in [0.5, 0.6) is 11.5 Å². The Balaban J connectivity index is 1.69. The highest BCUT2D eigenvalue weighted by Gasteiger charge is 2.31. The molecule has 35 heavy (non-hydrogen) atoms. The fourth-order valence-electron chi connectivity index (χ4n) is 4.38. The Morgan fingerprint density at radius 1 is 1.09 bits per heavy atom. The molecular formula is C27H36N4O4. The minimum absolute atomic E-state index is 0.0349. The van der Waals surface area contributed by atoms with E-state index in [9.17, 15) is 9.59 Å². The number of nitrogens with one attached hydrogen (secondary N) is 2. The number of aryl methyl sites for hydroxylation is 1. The van der Waals surface area contributed by atoms with Gasteiger partial charge in [-0.25, -0.2) is 0 Å². The molecule has 0 bridgehead atoms. The minimum atomic E-state index is -0.385. The summed E-state index contributed by atoms with van der Waals surface area (Å²) in [5, 5.41) is 11.2. The zero-order valence-electron chi connectivity index (χ0n) is 21.3. The molecule has 1 fully saturated rings. The third-order valence-electron chi connectivity index (χ3n) is 6.08. The summed E-state index contributed by atoms with van der Waals surface area (Å²) in [6, 6.07) is 10.8. The van der Waals surface area contributed by atoms with E-state index in [4.69, 9.17) is 14.9 Å². The molecule has 2 aromatic rings. The summed E-state index contributed by atoms with van der Waals surface area (Å²) in [7, 11) is 3.59. The van der Waals surface area contributed by atoms with Crippen LogP contribution in [-0.4, -0.2) is 67.3 Å². The fourth-order valence-corrected chi connectivity index (χ4v) is 4.38. The molecule has 3 rings (SSSR count). The standard InChI is InChI=1S/C27H36N4O4/c1-6-34-23-13-11-20(16-24(23)35-7-2)26(32)29-25(28)21-12-10-19(15-18(21)3)17-31-14-8-9-22(31)27(33)30(4)5/h10-13,15-16,22H,6-9,14,17H2,1-5H3,(H2,28,29,32)/t22-/m0/s1. The average molecular weight is 481 g/mol. The van der Waals surface area contributed by atoms with Crippen LogP contribution in [-0.2, 0) is 11.3 Å². The molecule has 0 spiro atoms. The molecule has 8 nitrogen and oxygen atoms in total. The van der Waals surface area contributed by atoms with Crippen LogP contribution in [0.1, 0.15) is 53.7 Å². The summed E-state index contributed by atoms with van der Waals surface area (Å²) in [4.78, 5) is 29.2. The van der Waals surface area contributed by atoms with Crippen LogP contribution in [0.25, 0.3) is 0 Å². The number of ether oxygens (including phenoxy) is 2. The third-order valence-corrected chi connectivity index (χ3v) is 6.08. The number of rotatable bonds is 9. The fraction of sp³-hybridized carbons (Fsp3) is 0.444. The molecule has 0 aromatic heterocycles. The van der Waals surface area contributed by atoms with Crippen molar-refractivity contribution in [1.29, 1.82) is 5.41 Å². The maximum atomic E-state index is 12.8. The molecule has 1 aliphatic heterocycles. The second kappa shape index (κ2) is 11.8. The van der Waals surface area contributed by atoms with Gasteiger partial charge in [-0.05, 0) is 69.5 Å². The number of carbonyl (C=O) groups excluding carboxylic acids is 2. The summed E-state index contributed by atoms with van der Waals surface area (Å²) < 4.78 is 11.2. The van der Waals surface area contributed by atoms with E-state index in [1.54, 1.807) is 37.2 Å². The van der Waals surface area contributed by atoms with E-state index in [2.05, 4.69) is 10.2 Å². The number of likely N-dealkylation sites (N-methyl/N-ethyl adjacent to an activating group) is 1. The molecule has 1 heterocycles. The first-order valence-corrected chi connectivity index (χ1v) is 12.1. The first-order valence-electron chi connectivity index (χ1n) is 12.1. The number of nitrogens with zero attached hydrogens (tertiary/aromatic N) is 2. The first kappa shape index (κ1) is 26.2. The summed E-state index contributed by atoms with van der Waals surface area (Å²) in [5.41, 5.74) is 3.02. The van der Waals surface area contributed by atoms with E-state index >= 15 is 0 Å². The molecule has 1 aliphatic rings. The SMILES string of the molecule is CCOc1ccc(C(=O)NC(=N)c2ccc(CN3CCC[C@H]3C(=O)N(C)C)cc2C)cc1OCC. The second-order valence-electron chi connectivity index (χ2n) is 8.87. The summed E-state index contributed by atoms with van der Waals surface area (Å²) in [5.74, 6) is 0.876. The highest BCUT2D eigenvalue weighted by Crippen LogP contribution is 2.28. The lowest BCUT2D eigenvalue weighted by Gasteiger charge is -2.26. The van der Waals surface area contributed by atoms with E-state index in [1.807, 2.05) is 39.0 Å². The lowest BCUT2D eigenvalue weighted by atomic mass is 10.0. The van der Waals surface area contributed by atoms with Crippen molar-refractivity contribution in [3.05, 3.63) is 58.7 Å². The van der Waals surface area contributed by atoms with E-state index < -0.39 is 0 Å². The maximum absolute atomic E-state index is 12.8. The zero-order valence-corrected chi connectivity index (χ0v) is 21.3. The van der Waals surface area contributed by atoms with Crippen LogP contribution in [0, 0.1) is 12.3 Å².